The van der Waals surface area contributed by atoms with Gasteiger partial charge in [0.15, 0.2) is 9.84 Å². The molecule has 0 N–H and O–H groups in total. The Hall–Kier alpha value is -4.26. The van der Waals surface area contributed by atoms with Gasteiger partial charge in [-0.25, -0.2) is 17.8 Å². The van der Waals surface area contributed by atoms with Crippen molar-refractivity contribution in [3.05, 3.63) is 99.9 Å². The summed E-state index contributed by atoms with van der Waals surface area (Å²) in [6.45, 7) is 4.94. The molecule has 3 aromatic carbocycles. The maximum Gasteiger partial charge on any atom is 0.419 e. The van der Waals surface area contributed by atoms with Crippen molar-refractivity contribution in [2.75, 3.05) is 24.7 Å². The number of hydrogen-bond donors (Lipinski definition) is 0. The normalized spacial score (nSPS) is 12.7. The first-order valence-corrected chi connectivity index (χ1v) is 15.7. The Bertz CT molecular complexity index is 1820. The van der Waals surface area contributed by atoms with Crippen LogP contribution >= 0.6 is 0 Å². The van der Waals surface area contributed by atoms with Crippen LogP contribution in [0.15, 0.2) is 71.5 Å². The molecule has 0 fully saturated rings. The second-order valence-corrected chi connectivity index (χ2v) is 12.5. The minimum Gasteiger partial charge on any atom is -0.494 e. The molecule has 1 atom stereocenters. The van der Waals surface area contributed by atoms with Crippen LogP contribution in [0, 0.1) is 5.82 Å². The summed E-state index contributed by atoms with van der Waals surface area (Å²) in [5.74, 6) is -2.17. The summed E-state index contributed by atoms with van der Waals surface area (Å²) in [4.78, 5) is 33.4. The fourth-order valence-corrected chi connectivity index (χ4v) is 5.53. The number of sulfone groups is 1. The molecule has 4 rings (SSSR count). The number of hydrogen-bond acceptors (Lipinski definition) is 6. The smallest absolute Gasteiger partial charge is 0.419 e. The van der Waals surface area contributed by atoms with Crippen LogP contribution in [0.3, 0.4) is 0 Å². The summed E-state index contributed by atoms with van der Waals surface area (Å²) in [7, 11) is -3.58. The quantitative estimate of drug-likeness (QED) is 0.202. The number of ether oxygens (including phenoxy) is 1. The zero-order valence-electron chi connectivity index (χ0n) is 24.3. The first-order chi connectivity index (χ1) is 20.8. The van der Waals surface area contributed by atoms with Crippen LogP contribution < -0.4 is 10.3 Å². The van der Waals surface area contributed by atoms with Gasteiger partial charge in [0.05, 0.1) is 47.0 Å². The number of benzene rings is 3. The van der Waals surface area contributed by atoms with Gasteiger partial charge in [0.1, 0.15) is 17.4 Å². The molecule has 1 amide bonds. The van der Waals surface area contributed by atoms with E-state index in [1.54, 1.807) is 55.5 Å². The van der Waals surface area contributed by atoms with Gasteiger partial charge in [0, 0.05) is 12.3 Å². The van der Waals surface area contributed by atoms with E-state index in [1.807, 2.05) is 6.92 Å². The Morgan fingerprint density at radius 2 is 1.73 bits per heavy atom. The van der Waals surface area contributed by atoms with E-state index in [0.29, 0.717) is 41.1 Å². The van der Waals surface area contributed by atoms with E-state index < -0.39 is 57.1 Å². The average molecular weight is 634 g/mol. The molecule has 1 heterocycles. The maximum atomic E-state index is 13.9. The molecule has 0 aliphatic heterocycles. The van der Waals surface area contributed by atoms with Gasteiger partial charge in [-0.2, -0.15) is 13.2 Å². The van der Waals surface area contributed by atoms with E-state index in [1.165, 1.54) is 16.4 Å². The van der Waals surface area contributed by atoms with E-state index >= 15 is 0 Å². The number of para-hydroxylation sites is 1. The number of halogens is 4. The first kappa shape index (κ1) is 32.6. The van der Waals surface area contributed by atoms with Gasteiger partial charge in [-0.1, -0.05) is 25.1 Å². The third-order valence-corrected chi connectivity index (χ3v) is 8.83. The lowest BCUT2D eigenvalue weighted by molar-refractivity contribution is -0.140. The molecule has 0 aliphatic carbocycles. The van der Waals surface area contributed by atoms with Crippen LogP contribution in [0.4, 0.5) is 17.6 Å². The number of nitrogens with zero attached hydrogens (tertiary/aromatic N) is 3. The SMILES string of the molecule is CCOc1ccc(-n2c([C@@H](C)N(CCS(=O)(=O)CC)C(=O)Cc3ccc(F)c(C(F)(F)F)c3)nc3ccccc3c2=O)cc1. The maximum absolute atomic E-state index is 13.9. The minimum atomic E-state index is -4.98. The van der Waals surface area contributed by atoms with Gasteiger partial charge < -0.3 is 9.64 Å². The van der Waals surface area contributed by atoms with Gasteiger partial charge in [0.25, 0.3) is 5.56 Å². The number of aromatic nitrogens is 2. The minimum absolute atomic E-state index is 0.107. The van der Waals surface area contributed by atoms with E-state index in [-0.39, 0.29) is 23.7 Å². The highest BCUT2D eigenvalue weighted by molar-refractivity contribution is 7.91. The van der Waals surface area contributed by atoms with E-state index in [9.17, 15) is 35.6 Å². The van der Waals surface area contributed by atoms with Gasteiger partial charge in [-0.05, 0) is 67.9 Å². The molecule has 44 heavy (non-hydrogen) atoms. The highest BCUT2D eigenvalue weighted by Gasteiger charge is 2.35. The number of amides is 1. The average Bonchev–Trinajstić information content (AvgIpc) is 2.98. The monoisotopic (exact) mass is 633 g/mol. The van der Waals surface area contributed by atoms with Crippen molar-refractivity contribution >= 4 is 26.6 Å². The fourth-order valence-electron chi connectivity index (χ4n) is 4.77. The lowest BCUT2D eigenvalue weighted by Gasteiger charge is -2.31. The molecule has 0 bridgehead atoms. The Labute approximate surface area is 251 Å². The van der Waals surface area contributed by atoms with E-state index in [2.05, 4.69) is 0 Å². The molecule has 8 nitrogen and oxygen atoms in total. The highest BCUT2D eigenvalue weighted by atomic mass is 32.2. The van der Waals surface area contributed by atoms with E-state index in [4.69, 9.17) is 9.72 Å². The summed E-state index contributed by atoms with van der Waals surface area (Å²) in [6.07, 6.45) is -5.56. The first-order valence-electron chi connectivity index (χ1n) is 13.9. The van der Waals surface area contributed by atoms with Crippen molar-refractivity contribution in [2.45, 2.75) is 39.4 Å². The van der Waals surface area contributed by atoms with Crippen molar-refractivity contribution in [2.24, 2.45) is 0 Å². The van der Waals surface area contributed by atoms with Crippen molar-refractivity contribution in [3.8, 4) is 11.4 Å². The van der Waals surface area contributed by atoms with Crippen LogP contribution in [0.2, 0.25) is 0 Å². The molecular formula is C31H31F4N3O5S. The van der Waals surface area contributed by atoms with E-state index in [0.717, 1.165) is 6.07 Å². The molecule has 0 radical (unpaired) electrons. The van der Waals surface area contributed by atoms with Crippen molar-refractivity contribution in [1.82, 2.24) is 14.5 Å². The topological polar surface area (TPSA) is 98.6 Å². The summed E-state index contributed by atoms with van der Waals surface area (Å²) in [5.41, 5.74) is -1.33. The van der Waals surface area contributed by atoms with Gasteiger partial charge in [-0.3, -0.25) is 14.2 Å². The van der Waals surface area contributed by atoms with Crippen molar-refractivity contribution in [3.63, 3.8) is 0 Å². The lowest BCUT2D eigenvalue weighted by Crippen LogP contribution is -2.41. The van der Waals surface area contributed by atoms with Gasteiger partial charge >= 0.3 is 6.18 Å². The van der Waals surface area contributed by atoms with Crippen molar-refractivity contribution < 1.29 is 35.5 Å². The number of carbonyl (C=O) groups is 1. The predicted molar refractivity (Wildman–Crippen MR) is 158 cm³/mol. The summed E-state index contributed by atoms with van der Waals surface area (Å²) in [6, 6.07) is 14.5. The van der Waals surface area contributed by atoms with Crippen molar-refractivity contribution in [1.29, 1.82) is 0 Å². The zero-order valence-corrected chi connectivity index (χ0v) is 25.1. The lowest BCUT2D eigenvalue weighted by atomic mass is 10.1. The van der Waals surface area contributed by atoms with Crippen LogP contribution in [-0.4, -0.2) is 53.4 Å². The van der Waals surface area contributed by atoms with Crippen LogP contribution in [0.5, 0.6) is 5.75 Å². The Morgan fingerprint density at radius 1 is 1.05 bits per heavy atom. The Balaban J connectivity index is 1.83. The summed E-state index contributed by atoms with van der Waals surface area (Å²) >= 11 is 0. The molecule has 0 saturated carbocycles. The Kier molecular flexibility index (Phi) is 9.77. The molecule has 0 unspecified atom stereocenters. The number of fused-ring (bicyclic) bond motifs is 1. The molecule has 1 aromatic heterocycles. The molecule has 0 saturated heterocycles. The molecular weight excluding hydrogens is 602 g/mol. The molecule has 13 heteroatoms. The number of alkyl halides is 3. The molecule has 4 aromatic rings. The molecule has 234 valence electrons. The second kappa shape index (κ2) is 13.2. The zero-order chi connectivity index (χ0) is 32.2. The standard InChI is InChI=1S/C31H31F4N3O5S/c1-4-43-23-13-11-22(12-14-23)38-29(36-27-9-7-6-8-24(27)30(38)40)20(3)37(16-17-44(41,42)5-2)28(39)19-21-10-15-26(32)25(18-21)31(33,34)35/h6-15,18,20H,4-5,16-17,19H2,1-3H3/t20-/m1/s1. The van der Waals surface area contributed by atoms with Crippen LogP contribution in [-0.2, 0) is 27.2 Å². The predicted octanol–water partition coefficient (Wildman–Crippen LogP) is 5.51. The summed E-state index contributed by atoms with van der Waals surface area (Å²) < 4.78 is 85.7. The third kappa shape index (κ3) is 7.26. The van der Waals surface area contributed by atoms with Crippen LogP contribution in [0.1, 0.15) is 43.8 Å². The molecule has 0 aliphatic rings. The highest BCUT2D eigenvalue weighted by Crippen LogP contribution is 2.32. The third-order valence-electron chi connectivity index (χ3n) is 7.14. The second-order valence-electron chi connectivity index (χ2n) is 10.0. The largest absolute Gasteiger partial charge is 0.494 e. The summed E-state index contributed by atoms with van der Waals surface area (Å²) in [5, 5.41) is 0.301. The van der Waals surface area contributed by atoms with Crippen LogP contribution in [0.25, 0.3) is 16.6 Å². The van der Waals surface area contributed by atoms with Gasteiger partial charge in [0.2, 0.25) is 5.91 Å². The molecule has 0 spiro atoms. The van der Waals surface area contributed by atoms with Gasteiger partial charge in [-0.15, -0.1) is 0 Å². The number of rotatable bonds is 11. The Morgan fingerprint density at radius 3 is 2.36 bits per heavy atom. The number of carbonyl (C=O) groups excluding carboxylic acids is 1. The fraction of sp³-hybridized carbons (Fsp3) is 0.323.